The number of amides is 1. The summed E-state index contributed by atoms with van der Waals surface area (Å²) in [4.78, 5) is 34.1. The van der Waals surface area contributed by atoms with Crippen molar-refractivity contribution in [3.63, 3.8) is 0 Å². The Morgan fingerprint density at radius 1 is 1.27 bits per heavy atom. The van der Waals surface area contributed by atoms with Gasteiger partial charge in [0.1, 0.15) is 23.7 Å². The topological polar surface area (TPSA) is 129 Å². The van der Waals surface area contributed by atoms with Crippen molar-refractivity contribution in [1.29, 1.82) is 0 Å². The summed E-state index contributed by atoms with van der Waals surface area (Å²) in [6.07, 6.45) is 4.34. The number of fused-ring (bicyclic) bond motifs is 1. The van der Waals surface area contributed by atoms with Gasteiger partial charge in [0.25, 0.3) is 5.91 Å². The third-order valence-corrected chi connectivity index (χ3v) is 5.66. The van der Waals surface area contributed by atoms with Crippen molar-refractivity contribution in [2.45, 2.75) is 19.3 Å². The summed E-state index contributed by atoms with van der Waals surface area (Å²) in [6.45, 7) is 3.65. The van der Waals surface area contributed by atoms with E-state index in [-0.39, 0.29) is 12.3 Å². The second-order valence-corrected chi connectivity index (χ2v) is 8.07. The van der Waals surface area contributed by atoms with Crippen LogP contribution in [0.25, 0.3) is 5.57 Å². The van der Waals surface area contributed by atoms with E-state index in [0.29, 0.717) is 52.9 Å². The van der Waals surface area contributed by atoms with Gasteiger partial charge >= 0.3 is 5.97 Å². The van der Waals surface area contributed by atoms with Crippen molar-refractivity contribution in [1.82, 2.24) is 15.3 Å². The quantitative estimate of drug-likeness (QED) is 0.321. The number of piperazine rings is 1. The van der Waals surface area contributed by atoms with E-state index in [9.17, 15) is 9.59 Å². The van der Waals surface area contributed by atoms with Gasteiger partial charge in [-0.05, 0) is 25.0 Å². The van der Waals surface area contributed by atoms with Crippen LogP contribution in [-0.4, -0.2) is 59.7 Å². The normalized spacial score (nSPS) is 16.5. The predicted octanol–water partition coefficient (Wildman–Crippen LogP) is 2.58. The fraction of sp³-hybridized carbons (Fsp3) is 0.364. The Kier molecular flexibility index (Phi) is 7.26. The highest BCUT2D eigenvalue weighted by molar-refractivity contribution is 6.33. The van der Waals surface area contributed by atoms with Gasteiger partial charge in [0, 0.05) is 50.6 Å². The zero-order chi connectivity index (χ0) is 23.2. The fourth-order valence-corrected chi connectivity index (χ4v) is 3.85. The van der Waals surface area contributed by atoms with Crippen molar-refractivity contribution in [2.75, 3.05) is 48.3 Å². The van der Waals surface area contributed by atoms with Crippen molar-refractivity contribution < 1.29 is 19.4 Å². The molecule has 0 unspecified atom stereocenters. The number of unbranched alkanes of at least 4 members (excludes halogenated alkanes) is 1. The lowest BCUT2D eigenvalue weighted by atomic mass is 10.1. The third-order valence-electron chi connectivity index (χ3n) is 5.35. The zero-order valence-corrected chi connectivity index (χ0v) is 18.7. The van der Waals surface area contributed by atoms with E-state index in [0.717, 1.165) is 32.0 Å². The summed E-state index contributed by atoms with van der Waals surface area (Å²) in [7, 11) is 0. The largest absolute Gasteiger partial charge is 0.492 e. The number of benzene rings is 1. The maximum Gasteiger partial charge on any atom is 0.303 e. The average Bonchev–Trinajstić information content (AvgIpc) is 3.14. The van der Waals surface area contributed by atoms with Crippen molar-refractivity contribution in [3.8, 4) is 5.75 Å². The molecule has 10 nitrogen and oxygen atoms in total. The number of rotatable bonds is 9. The van der Waals surface area contributed by atoms with Crippen LogP contribution in [0.4, 0.5) is 17.3 Å². The second-order valence-electron chi connectivity index (χ2n) is 7.66. The highest BCUT2D eigenvalue weighted by Gasteiger charge is 2.31. The van der Waals surface area contributed by atoms with Gasteiger partial charge in [0.05, 0.1) is 22.8 Å². The molecule has 0 aliphatic carbocycles. The van der Waals surface area contributed by atoms with Gasteiger partial charge in [-0.2, -0.15) is 0 Å². The lowest BCUT2D eigenvalue weighted by Crippen LogP contribution is -2.44. The first-order chi connectivity index (χ1) is 16.0. The Balaban J connectivity index is 1.49. The van der Waals surface area contributed by atoms with E-state index in [1.165, 1.54) is 6.33 Å². The first-order valence-corrected chi connectivity index (χ1v) is 11.1. The van der Waals surface area contributed by atoms with Gasteiger partial charge < -0.3 is 30.7 Å². The third kappa shape index (κ3) is 5.52. The number of anilines is 3. The first kappa shape index (κ1) is 22.8. The summed E-state index contributed by atoms with van der Waals surface area (Å²) in [5.41, 5.74) is 1.82. The van der Waals surface area contributed by atoms with Crippen LogP contribution in [0.5, 0.6) is 5.75 Å². The van der Waals surface area contributed by atoms with Crippen LogP contribution >= 0.6 is 11.6 Å². The van der Waals surface area contributed by atoms with E-state index in [1.54, 1.807) is 24.4 Å². The van der Waals surface area contributed by atoms with E-state index in [1.807, 2.05) is 0 Å². The Morgan fingerprint density at radius 2 is 2.09 bits per heavy atom. The van der Waals surface area contributed by atoms with Crippen LogP contribution in [-0.2, 0) is 9.59 Å². The highest BCUT2D eigenvalue weighted by Crippen LogP contribution is 2.36. The Labute approximate surface area is 196 Å². The van der Waals surface area contributed by atoms with Crippen LogP contribution in [0.2, 0.25) is 5.02 Å². The molecule has 0 bridgehead atoms. The van der Waals surface area contributed by atoms with Crippen LogP contribution < -0.4 is 25.6 Å². The Hall–Kier alpha value is -3.37. The molecule has 0 spiro atoms. The first-order valence-electron chi connectivity index (χ1n) is 10.8. The van der Waals surface area contributed by atoms with E-state index < -0.39 is 5.97 Å². The van der Waals surface area contributed by atoms with E-state index in [4.69, 9.17) is 21.4 Å². The number of carboxylic acids is 1. The van der Waals surface area contributed by atoms with Gasteiger partial charge in [0.2, 0.25) is 0 Å². The van der Waals surface area contributed by atoms with E-state index in [2.05, 4.69) is 30.8 Å². The molecule has 1 fully saturated rings. The number of carbonyl (C=O) groups excluding carboxylic acids is 1. The number of ether oxygens (including phenoxy) is 1. The van der Waals surface area contributed by atoms with Gasteiger partial charge in [-0.3, -0.25) is 9.59 Å². The molecular weight excluding hydrogens is 448 g/mol. The summed E-state index contributed by atoms with van der Waals surface area (Å²) in [6, 6.07) is 5.22. The molecule has 0 radical (unpaired) electrons. The molecule has 0 saturated carbocycles. The molecule has 3 heterocycles. The molecule has 4 N–H and O–H groups in total. The molecule has 33 heavy (non-hydrogen) atoms. The molecule has 1 saturated heterocycles. The number of hydrogen-bond acceptors (Lipinski definition) is 8. The second kappa shape index (κ2) is 10.5. The SMILES string of the molecule is O=C(O)CCCCOc1cc(N/C=C2\C(=O)Nc3ncnc(N4CCNCC4)c32)ccc1Cl. The molecule has 0 atom stereocenters. The minimum atomic E-state index is -0.824. The number of hydrogen-bond donors (Lipinski definition) is 4. The minimum Gasteiger partial charge on any atom is -0.492 e. The molecule has 2 aliphatic rings. The number of nitrogens with one attached hydrogen (secondary N) is 3. The molecule has 11 heteroatoms. The molecule has 2 aromatic rings. The number of aromatic nitrogens is 2. The lowest BCUT2D eigenvalue weighted by Gasteiger charge is -2.29. The number of aliphatic carboxylic acids is 1. The summed E-state index contributed by atoms with van der Waals surface area (Å²) in [5, 5.41) is 18.4. The Bertz CT molecular complexity index is 1070. The van der Waals surface area contributed by atoms with Crippen LogP contribution in [0.1, 0.15) is 24.8 Å². The standard InChI is InChI=1S/C22H25ClN6O4/c23-16-5-4-14(11-17(16)33-10-2-1-3-18(30)31)25-12-15-19-20(28-22(15)32)26-13-27-21(19)29-8-6-24-7-9-29/h4-5,11-13,24-25H,1-3,6-10H2,(H,30,31)(H,26,27,28,32)/b15-12-. The van der Waals surface area contributed by atoms with E-state index >= 15 is 0 Å². The summed E-state index contributed by atoms with van der Waals surface area (Å²) < 4.78 is 5.71. The van der Waals surface area contributed by atoms with Crippen LogP contribution in [0, 0.1) is 0 Å². The summed E-state index contributed by atoms with van der Waals surface area (Å²) >= 11 is 6.23. The number of carboxylic acid groups (broad SMARTS) is 1. The highest BCUT2D eigenvalue weighted by atomic mass is 35.5. The Morgan fingerprint density at radius 3 is 2.88 bits per heavy atom. The molecule has 4 rings (SSSR count). The van der Waals surface area contributed by atoms with Crippen molar-refractivity contribution in [2.24, 2.45) is 0 Å². The maximum absolute atomic E-state index is 12.7. The van der Waals surface area contributed by atoms with Gasteiger partial charge in [-0.1, -0.05) is 11.6 Å². The molecule has 1 amide bonds. The number of halogens is 1. The van der Waals surface area contributed by atoms with Crippen LogP contribution in [0.3, 0.4) is 0 Å². The molecule has 174 valence electrons. The average molecular weight is 473 g/mol. The van der Waals surface area contributed by atoms with Crippen LogP contribution in [0.15, 0.2) is 30.7 Å². The van der Waals surface area contributed by atoms with Crippen molar-refractivity contribution in [3.05, 3.63) is 41.3 Å². The molecular formula is C22H25ClN6O4. The van der Waals surface area contributed by atoms with Gasteiger partial charge in [0.15, 0.2) is 0 Å². The molecule has 2 aliphatic heterocycles. The monoisotopic (exact) mass is 472 g/mol. The maximum atomic E-state index is 12.7. The number of nitrogens with zero attached hydrogens (tertiary/aromatic N) is 3. The van der Waals surface area contributed by atoms with Gasteiger partial charge in [-0.25, -0.2) is 9.97 Å². The smallest absolute Gasteiger partial charge is 0.303 e. The molecule has 1 aromatic heterocycles. The van der Waals surface area contributed by atoms with Crippen molar-refractivity contribution >= 4 is 46.4 Å². The zero-order valence-electron chi connectivity index (χ0n) is 17.9. The summed E-state index contributed by atoms with van der Waals surface area (Å²) in [5.74, 6) is 0.637. The fourth-order valence-electron chi connectivity index (χ4n) is 3.68. The number of carbonyl (C=O) groups is 2. The molecule has 1 aromatic carbocycles. The lowest BCUT2D eigenvalue weighted by molar-refractivity contribution is -0.137. The predicted molar refractivity (Wildman–Crippen MR) is 126 cm³/mol. The minimum absolute atomic E-state index is 0.107. The van der Waals surface area contributed by atoms with Gasteiger partial charge in [-0.15, -0.1) is 0 Å².